The van der Waals surface area contributed by atoms with Crippen LogP contribution in [0.1, 0.15) is 31.4 Å². The van der Waals surface area contributed by atoms with Crippen molar-refractivity contribution in [2.75, 3.05) is 11.9 Å². The number of nitrogens with one attached hydrogen (secondary N) is 3. The van der Waals surface area contributed by atoms with Gasteiger partial charge in [-0.1, -0.05) is 22.9 Å². The van der Waals surface area contributed by atoms with Gasteiger partial charge >= 0.3 is 6.03 Å². The summed E-state index contributed by atoms with van der Waals surface area (Å²) in [5.41, 5.74) is 2.68. The summed E-state index contributed by atoms with van der Waals surface area (Å²) in [6.45, 7) is 8.09. The number of halogens is 1. The van der Waals surface area contributed by atoms with Gasteiger partial charge in [-0.15, -0.1) is 0 Å². The minimum absolute atomic E-state index is 0.184. The summed E-state index contributed by atoms with van der Waals surface area (Å²) in [5.74, 6) is -0.184. The number of anilines is 1. The van der Waals surface area contributed by atoms with Crippen molar-refractivity contribution in [3.8, 4) is 0 Å². The first-order valence-corrected chi connectivity index (χ1v) is 7.76. The fraction of sp³-hybridized carbons (Fsp3) is 0.467. The zero-order valence-corrected chi connectivity index (χ0v) is 14.4. The first-order valence-electron chi connectivity index (χ1n) is 6.97. The van der Waals surface area contributed by atoms with Crippen LogP contribution in [0.4, 0.5) is 10.5 Å². The van der Waals surface area contributed by atoms with E-state index in [4.69, 9.17) is 0 Å². The van der Waals surface area contributed by atoms with Crippen molar-refractivity contribution in [2.24, 2.45) is 0 Å². The summed E-state index contributed by atoms with van der Waals surface area (Å²) in [6, 6.07) is 2.90. The molecule has 0 aliphatic carbocycles. The molecule has 21 heavy (non-hydrogen) atoms. The lowest BCUT2D eigenvalue weighted by Gasteiger charge is -2.16. The highest BCUT2D eigenvalue weighted by Gasteiger charge is 2.16. The predicted molar refractivity (Wildman–Crippen MR) is 88.5 cm³/mol. The second-order valence-electron chi connectivity index (χ2n) is 5.03. The molecule has 3 N–H and O–H groups in total. The molecule has 3 amide bonds. The van der Waals surface area contributed by atoms with E-state index in [0.29, 0.717) is 6.54 Å². The molecule has 116 valence electrons. The van der Waals surface area contributed by atoms with Gasteiger partial charge in [0.25, 0.3) is 0 Å². The van der Waals surface area contributed by atoms with Crippen LogP contribution >= 0.6 is 15.9 Å². The molecule has 0 unspecified atom stereocenters. The van der Waals surface area contributed by atoms with Crippen LogP contribution in [0.5, 0.6) is 0 Å². The zero-order chi connectivity index (χ0) is 16.0. The Morgan fingerprint density at radius 3 is 2.33 bits per heavy atom. The van der Waals surface area contributed by atoms with E-state index in [0.717, 1.165) is 27.7 Å². The number of carbonyl (C=O) groups is 2. The summed E-state index contributed by atoms with van der Waals surface area (Å²) in [4.78, 5) is 23.7. The van der Waals surface area contributed by atoms with E-state index in [9.17, 15) is 9.59 Å². The summed E-state index contributed by atoms with van der Waals surface area (Å²) < 4.78 is 0.968. The van der Waals surface area contributed by atoms with E-state index in [2.05, 4.69) is 31.9 Å². The molecule has 0 aliphatic heterocycles. The third kappa shape index (κ3) is 5.38. The second-order valence-corrected chi connectivity index (χ2v) is 5.94. The van der Waals surface area contributed by atoms with Gasteiger partial charge in [-0.05, 0) is 50.5 Å². The Hall–Kier alpha value is -1.56. The van der Waals surface area contributed by atoms with Gasteiger partial charge in [0.05, 0.1) is 0 Å². The van der Waals surface area contributed by atoms with Gasteiger partial charge in [0.15, 0.2) is 0 Å². The van der Waals surface area contributed by atoms with Crippen molar-refractivity contribution in [3.05, 3.63) is 27.7 Å². The highest BCUT2D eigenvalue weighted by molar-refractivity contribution is 9.10. The van der Waals surface area contributed by atoms with Gasteiger partial charge in [-0.2, -0.15) is 0 Å². The first kappa shape index (κ1) is 17.5. The van der Waals surface area contributed by atoms with E-state index < -0.39 is 6.04 Å². The van der Waals surface area contributed by atoms with Gasteiger partial charge in [-0.3, -0.25) is 4.79 Å². The second kappa shape index (κ2) is 8.02. The maximum Gasteiger partial charge on any atom is 0.319 e. The Morgan fingerprint density at radius 1 is 1.24 bits per heavy atom. The number of amides is 3. The molecule has 0 bridgehead atoms. The molecule has 0 saturated carbocycles. The molecular formula is C15H22BrN3O2. The summed E-state index contributed by atoms with van der Waals surface area (Å²) in [7, 11) is 0. The monoisotopic (exact) mass is 355 g/mol. The fourth-order valence-electron chi connectivity index (χ4n) is 1.92. The molecule has 1 aromatic carbocycles. The number of hydrogen-bond acceptors (Lipinski definition) is 2. The lowest BCUT2D eigenvalue weighted by Crippen LogP contribution is -2.46. The van der Waals surface area contributed by atoms with Crippen LogP contribution in [0.2, 0.25) is 0 Å². The van der Waals surface area contributed by atoms with Crippen LogP contribution < -0.4 is 16.0 Å². The molecule has 1 atom stereocenters. The molecule has 1 rings (SSSR count). The molecule has 0 radical (unpaired) electrons. The molecule has 1 aromatic rings. The van der Waals surface area contributed by atoms with Crippen LogP contribution in [0.3, 0.4) is 0 Å². The summed E-state index contributed by atoms with van der Waals surface area (Å²) >= 11 is 3.42. The maximum absolute atomic E-state index is 12.0. The molecule has 0 spiro atoms. The molecular weight excluding hydrogens is 334 g/mol. The number of carbonyl (C=O) groups excluding carboxylic acids is 2. The van der Waals surface area contributed by atoms with Gasteiger partial charge in [0.2, 0.25) is 5.91 Å². The highest BCUT2D eigenvalue weighted by atomic mass is 79.9. The minimum atomic E-state index is -0.576. The quantitative estimate of drug-likeness (QED) is 0.759. The number of benzene rings is 1. The smallest absolute Gasteiger partial charge is 0.319 e. The molecule has 5 nitrogen and oxygen atoms in total. The summed E-state index contributed by atoms with van der Waals surface area (Å²) in [5, 5.41) is 8.17. The lowest BCUT2D eigenvalue weighted by molar-refractivity contribution is -0.122. The number of hydrogen-bond donors (Lipinski definition) is 3. The van der Waals surface area contributed by atoms with E-state index in [1.165, 1.54) is 0 Å². The number of rotatable bonds is 5. The Labute approximate surface area is 134 Å². The molecule has 0 heterocycles. The largest absolute Gasteiger partial charge is 0.354 e. The van der Waals surface area contributed by atoms with Crippen LogP contribution in [0, 0.1) is 13.8 Å². The third-order valence-corrected chi connectivity index (χ3v) is 3.48. The van der Waals surface area contributed by atoms with Gasteiger partial charge in [0.1, 0.15) is 6.04 Å². The van der Waals surface area contributed by atoms with Crippen molar-refractivity contribution in [2.45, 2.75) is 40.2 Å². The molecule has 0 saturated heterocycles. The van der Waals surface area contributed by atoms with Crippen LogP contribution in [-0.4, -0.2) is 24.5 Å². The Bertz CT molecular complexity index is 509. The van der Waals surface area contributed by atoms with Crippen LogP contribution in [0.25, 0.3) is 0 Å². The lowest BCUT2D eigenvalue weighted by atomic mass is 10.1. The van der Waals surface area contributed by atoms with Crippen molar-refractivity contribution in [3.63, 3.8) is 0 Å². The van der Waals surface area contributed by atoms with E-state index >= 15 is 0 Å². The molecule has 0 aromatic heterocycles. The predicted octanol–water partition coefficient (Wildman–Crippen LogP) is 3.10. The van der Waals surface area contributed by atoms with Crippen molar-refractivity contribution in [1.29, 1.82) is 0 Å². The van der Waals surface area contributed by atoms with Gasteiger partial charge < -0.3 is 16.0 Å². The van der Waals surface area contributed by atoms with Crippen LogP contribution in [-0.2, 0) is 4.79 Å². The topological polar surface area (TPSA) is 70.2 Å². The minimum Gasteiger partial charge on any atom is -0.354 e. The first-order chi connectivity index (χ1) is 9.85. The molecule has 6 heteroatoms. The maximum atomic E-state index is 12.0. The molecule has 0 fully saturated rings. The van der Waals surface area contributed by atoms with Gasteiger partial charge in [0, 0.05) is 16.7 Å². The average molecular weight is 356 g/mol. The third-order valence-electron chi connectivity index (χ3n) is 3.03. The van der Waals surface area contributed by atoms with Crippen molar-refractivity contribution >= 4 is 33.6 Å². The molecule has 0 aliphatic rings. The Kier molecular flexibility index (Phi) is 6.68. The number of aryl methyl sites for hydroxylation is 2. The highest BCUT2D eigenvalue weighted by Crippen LogP contribution is 2.24. The van der Waals surface area contributed by atoms with Crippen molar-refractivity contribution in [1.82, 2.24) is 10.6 Å². The van der Waals surface area contributed by atoms with E-state index in [-0.39, 0.29) is 11.9 Å². The average Bonchev–Trinajstić information content (AvgIpc) is 2.39. The fourth-order valence-corrected chi connectivity index (χ4v) is 2.61. The SMILES string of the molecule is CCCNC(=O)[C@@H](C)NC(=O)Nc1c(C)cc(Br)cc1C. The number of urea groups is 1. The zero-order valence-electron chi connectivity index (χ0n) is 12.8. The van der Waals surface area contributed by atoms with E-state index in [1.807, 2.05) is 32.9 Å². The van der Waals surface area contributed by atoms with Crippen LogP contribution in [0.15, 0.2) is 16.6 Å². The van der Waals surface area contributed by atoms with Crippen molar-refractivity contribution < 1.29 is 9.59 Å². The van der Waals surface area contributed by atoms with E-state index in [1.54, 1.807) is 6.92 Å². The normalized spacial score (nSPS) is 11.7. The Morgan fingerprint density at radius 2 is 1.81 bits per heavy atom. The Balaban J connectivity index is 2.64. The standard InChI is InChI=1S/C15H22BrN3O2/c1-5-6-17-14(20)11(4)18-15(21)19-13-9(2)7-12(16)8-10(13)3/h7-8,11H,5-6H2,1-4H3,(H,17,20)(H2,18,19,21)/t11-/m1/s1. The summed E-state index contributed by atoms with van der Waals surface area (Å²) in [6.07, 6.45) is 0.863. The van der Waals surface area contributed by atoms with Gasteiger partial charge in [-0.25, -0.2) is 4.79 Å².